The van der Waals surface area contributed by atoms with Crippen LogP contribution in [0.15, 0.2) is 30.5 Å². The first-order valence-corrected chi connectivity index (χ1v) is 9.81. The lowest BCUT2D eigenvalue weighted by molar-refractivity contribution is 0.0410. The summed E-state index contributed by atoms with van der Waals surface area (Å²) in [6, 6.07) is 5.48. The van der Waals surface area contributed by atoms with E-state index < -0.39 is 0 Å². The molecule has 2 fully saturated rings. The van der Waals surface area contributed by atoms with Gasteiger partial charge >= 0.3 is 0 Å². The molecule has 2 aliphatic rings. The summed E-state index contributed by atoms with van der Waals surface area (Å²) in [5.74, 6) is 2.29. The van der Waals surface area contributed by atoms with Crippen LogP contribution < -0.4 is 4.74 Å². The van der Waals surface area contributed by atoms with Crippen LogP contribution in [0.5, 0.6) is 5.75 Å². The molecule has 0 N–H and O–H groups in total. The van der Waals surface area contributed by atoms with Crippen molar-refractivity contribution >= 4 is 0 Å². The van der Waals surface area contributed by atoms with E-state index in [-0.39, 0.29) is 5.82 Å². The minimum atomic E-state index is -0.254. The average molecular weight is 346 g/mol. The van der Waals surface area contributed by atoms with Crippen LogP contribution in [0.3, 0.4) is 0 Å². The first-order valence-electron chi connectivity index (χ1n) is 9.81. The van der Waals surface area contributed by atoms with Crippen LogP contribution in [-0.4, -0.2) is 13.2 Å². The van der Waals surface area contributed by atoms with Crippen LogP contribution in [0.2, 0.25) is 0 Å². The van der Waals surface area contributed by atoms with E-state index in [4.69, 9.17) is 9.47 Å². The second-order valence-corrected chi connectivity index (χ2v) is 7.66. The lowest BCUT2D eigenvalue weighted by Gasteiger charge is -2.37. The molecule has 0 amide bonds. The summed E-state index contributed by atoms with van der Waals surface area (Å²) in [5, 5.41) is 0. The van der Waals surface area contributed by atoms with Gasteiger partial charge in [0, 0.05) is 7.11 Å². The molecule has 1 aromatic carbocycles. The first kappa shape index (κ1) is 18.4. The molecule has 1 aromatic rings. The van der Waals surface area contributed by atoms with Gasteiger partial charge in [-0.2, -0.15) is 0 Å². The fraction of sp³-hybridized carbons (Fsp3) is 0.636. The zero-order valence-corrected chi connectivity index (χ0v) is 15.5. The summed E-state index contributed by atoms with van der Waals surface area (Å²) in [6.45, 7) is 1.85. The van der Waals surface area contributed by atoms with Crippen molar-refractivity contribution in [1.82, 2.24) is 0 Å². The van der Waals surface area contributed by atoms with Crippen LogP contribution in [0.25, 0.3) is 0 Å². The fourth-order valence-electron chi connectivity index (χ4n) is 4.73. The van der Waals surface area contributed by atoms with Crippen molar-refractivity contribution in [1.29, 1.82) is 0 Å². The number of ether oxygens (including phenoxy) is 2. The summed E-state index contributed by atoms with van der Waals surface area (Å²) in [6.07, 6.45) is 13.8. The Hall–Kier alpha value is -1.35. The Morgan fingerprint density at radius 1 is 0.960 bits per heavy atom. The Kier molecular flexibility index (Phi) is 6.52. The van der Waals surface area contributed by atoms with Gasteiger partial charge in [0.2, 0.25) is 0 Å². The summed E-state index contributed by atoms with van der Waals surface area (Å²) in [4.78, 5) is 0. The third-order valence-electron chi connectivity index (χ3n) is 6.25. The maximum atomic E-state index is 14.2. The quantitative estimate of drug-likeness (QED) is 0.589. The molecule has 2 nitrogen and oxygen atoms in total. The van der Waals surface area contributed by atoms with Gasteiger partial charge in [-0.15, -0.1) is 0 Å². The van der Waals surface area contributed by atoms with Crippen LogP contribution in [0, 0.1) is 17.7 Å². The molecule has 3 rings (SSSR count). The lowest BCUT2D eigenvalue weighted by Crippen LogP contribution is -2.27. The van der Waals surface area contributed by atoms with Gasteiger partial charge in [-0.3, -0.25) is 0 Å². The van der Waals surface area contributed by atoms with Crippen molar-refractivity contribution in [2.45, 2.75) is 70.3 Å². The molecule has 2 saturated carbocycles. The molecule has 0 spiro atoms. The van der Waals surface area contributed by atoms with Crippen molar-refractivity contribution in [2.75, 3.05) is 7.11 Å². The third-order valence-corrected chi connectivity index (χ3v) is 6.25. The Balaban J connectivity index is 1.53. The molecule has 138 valence electrons. The highest BCUT2D eigenvalue weighted by Gasteiger charge is 2.31. The molecule has 2 aliphatic carbocycles. The molecule has 0 radical (unpaired) electrons. The normalized spacial score (nSPS) is 30.5. The van der Waals surface area contributed by atoms with Gasteiger partial charge in [0.1, 0.15) is 0 Å². The summed E-state index contributed by atoms with van der Waals surface area (Å²) < 4.78 is 25.0. The number of hydrogen-bond acceptors (Lipinski definition) is 2. The molecule has 0 aromatic heterocycles. The SMILES string of the molecule is C/C=C/Oc1ccc(C2CCC(C3CCC(OC)CC3)CC2)cc1F. The van der Waals surface area contributed by atoms with Crippen LogP contribution in [0.1, 0.15) is 69.8 Å². The maximum Gasteiger partial charge on any atom is 0.165 e. The predicted molar refractivity (Wildman–Crippen MR) is 99.3 cm³/mol. The molecule has 0 atom stereocenters. The van der Waals surface area contributed by atoms with E-state index in [9.17, 15) is 4.39 Å². The first-order chi connectivity index (χ1) is 12.2. The standard InChI is InChI=1S/C22H31FO2/c1-3-14-25-22-13-10-19(15-21(22)23)18-6-4-16(5-7-18)17-8-11-20(24-2)12-9-17/h3,10,13-18,20H,4-9,11-12H2,1-2H3/b14-3+. The number of rotatable bonds is 5. The van der Waals surface area contributed by atoms with Crippen LogP contribution in [-0.2, 0) is 4.74 Å². The number of methoxy groups -OCH3 is 1. The smallest absolute Gasteiger partial charge is 0.165 e. The van der Waals surface area contributed by atoms with Crippen LogP contribution >= 0.6 is 0 Å². The van der Waals surface area contributed by atoms with Gasteiger partial charge < -0.3 is 9.47 Å². The zero-order chi connectivity index (χ0) is 17.6. The van der Waals surface area contributed by atoms with Crippen molar-refractivity contribution < 1.29 is 13.9 Å². The molecule has 3 heteroatoms. The van der Waals surface area contributed by atoms with Gasteiger partial charge in [-0.25, -0.2) is 4.39 Å². The Bertz CT molecular complexity index is 567. The third kappa shape index (κ3) is 4.63. The Morgan fingerprint density at radius 3 is 2.16 bits per heavy atom. The van der Waals surface area contributed by atoms with E-state index in [2.05, 4.69) is 0 Å². The number of halogens is 1. The van der Waals surface area contributed by atoms with Crippen LogP contribution in [0.4, 0.5) is 4.39 Å². The minimum absolute atomic E-state index is 0.254. The highest BCUT2D eigenvalue weighted by atomic mass is 19.1. The summed E-state index contributed by atoms with van der Waals surface area (Å²) in [7, 11) is 1.84. The van der Waals surface area contributed by atoms with E-state index in [1.165, 1.54) is 57.6 Å². The van der Waals surface area contributed by atoms with Gasteiger partial charge in [0.15, 0.2) is 11.6 Å². The molecular formula is C22H31FO2. The molecule has 0 bridgehead atoms. The molecule has 0 heterocycles. The second-order valence-electron chi connectivity index (χ2n) is 7.66. The molecule has 25 heavy (non-hydrogen) atoms. The molecule has 0 saturated heterocycles. The molecule has 0 aliphatic heterocycles. The summed E-state index contributed by atoms with van der Waals surface area (Å²) in [5.41, 5.74) is 1.13. The number of hydrogen-bond donors (Lipinski definition) is 0. The Morgan fingerprint density at radius 2 is 1.60 bits per heavy atom. The zero-order valence-electron chi connectivity index (χ0n) is 15.5. The van der Waals surface area contributed by atoms with Gasteiger partial charge in [0.05, 0.1) is 12.4 Å². The van der Waals surface area contributed by atoms with E-state index in [0.717, 1.165) is 17.4 Å². The monoisotopic (exact) mass is 346 g/mol. The van der Waals surface area contributed by atoms with E-state index in [1.807, 2.05) is 20.1 Å². The number of benzene rings is 1. The molecular weight excluding hydrogens is 315 g/mol. The average Bonchev–Trinajstić information content (AvgIpc) is 2.67. The lowest BCUT2D eigenvalue weighted by atomic mass is 9.69. The largest absolute Gasteiger partial charge is 0.462 e. The van der Waals surface area contributed by atoms with E-state index >= 15 is 0 Å². The Labute approximate surface area is 151 Å². The van der Waals surface area contributed by atoms with E-state index in [0.29, 0.717) is 17.8 Å². The van der Waals surface area contributed by atoms with Crippen molar-refractivity contribution in [3.63, 3.8) is 0 Å². The van der Waals surface area contributed by atoms with Crippen molar-refractivity contribution in [3.8, 4) is 5.75 Å². The van der Waals surface area contributed by atoms with Gasteiger partial charge in [0.25, 0.3) is 0 Å². The molecule has 0 unspecified atom stereocenters. The summed E-state index contributed by atoms with van der Waals surface area (Å²) >= 11 is 0. The van der Waals surface area contributed by atoms with Gasteiger partial charge in [-0.1, -0.05) is 12.1 Å². The fourth-order valence-corrected chi connectivity index (χ4v) is 4.73. The minimum Gasteiger partial charge on any atom is -0.462 e. The number of allylic oxidation sites excluding steroid dienone is 1. The van der Waals surface area contributed by atoms with Gasteiger partial charge in [-0.05, 0) is 93.7 Å². The topological polar surface area (TPSA) is 18.5 Å². The maximum absolute atomic E-state index is 14.2. The van der Waals surface area contributed by atoms with Crippen molar-refractivity contribution in [2.24, 2.45) is 11.8 Å². The van der Waals surface area contributed by atoms with Crippen molar-refractivity contribution in [3.05, 3.63) is 41.9 Å². The van der Waals surface area contributed by atoms with E-state index in [1.54, 1.807) is 18.2 Å². The highest BCUT2D eigenvalue weighted by molar-refractivity contribution is 5.32. The second kappa shape index (κ2) is 8.84. The predicted octanol–water partition coefficient (Wildman–Crippen LogP) is 6.22. The highest BCUT2D eigenvalue weighted by Crippen LogP contribution is 2.43.